The number of hydrogen-bond donors (Lipinski definition) is 0. The van der Waals surface area contributed by atoms with E-state index in [2.05, 4.69) is 31.0 Å². The molecule has 0 spiro atoms. The molecule has 2 heterocycles. The Kier molecular flexibility index (Phi) is 2.93. The van der Waals surface area contributed by atoms with E-state index in [1.165, 1.54) is 11.1 Å². The summed E-state index contributed by atoms with van der Waals surface area (Å²) in [4.78, 5) is 16.6. The molecule has 3 rings (SSSR count). The van der Waals surface area contributed by atoms with Crippen LogP contribution in [-0.4, -0.2) is 19.9 Å². The molecule has 1 aromatic carbocycles. The Balaban J connectivity index is 1.95. The van der Waals surface area contributed by atoms with Crippen molar-refractivity contribution in [3.8, 4) is 0 Å². The molecular weight excluding hydrogens is 250 g/mol. The summed E-state index contributed by atoms with van der Waals surface area (Å²) in [5.41, 5.74) is 5.12. The van der Waals surface area contributed by atoms with Crippen LogP contribution in [0.4, 0.5) is 0 Å². The number of aromatic nitrogens is 3. The second-order valence-corrected chi connectivity index (χ2v) is 5.29. The van der Waals surface area contributed by atoms with Crippen LogP contribution in [0.3, 0.4) is 0 Å². The van der Waals surface area contributed by atoms with E-state index in [0.29, 0.717) is 6.54 Å². The number of rotatable bonds is 3. The van der Waals surface area contributed by atoms with Crippen molar-refractivity contribution < 1.29 is 4.79 Å². The zero-order chi connectivity index (χ0) is 14.3. The lowest BCUT2D eigenvalue weighted by atomic mass is 10.1. The Hall–Kier alpha value is -2.36. The average molecular weight is 267 g/mol. The molecule has 0 aliphatic heterocycles. The lowest BCUT2D eigenvalue weighted by molar-refractivity contribution is 0.0973. The van der Waals surface area contributed by atoms with E-state index < -0.39 is 0 Å². The highest BCUT2D eigenvalue weighted by Gasteiger charge is 2.11. The molecule has 0 saturated heterocycles. The molecule has 0 atom stereocenters. The van der Waals surface area contributed by atoms with Crippen LogP contribution in [0.15, 0.2) is 36.9 Å². The molecule has 0 aliphatic rings. The number of nitrogens with zero attached hydrogens (tertiary/aromatic N) is 3. The second kappa shape index (κ2) is 4.63. The fourth-order valence-electron chi connectivity index (χ4n) is 2.35. The van der Waals surface area contributed by atoms with Gasteiger partial charge in [-0.25, -0.2) is 4.98 Å². The van der Waals surface area contributed by atoms with Crippen LogP contribution in [0.2, 0.25) is 0 Å². The largest absolute Gasteiger partial charge is 0.357 e. The molecule has 0 fully saturated rings. The molecule has 0 amide bonds. The van der Waals surface area contributed by atoms with Gasteiger partial charge in [-0.1, -0.05) is 0 Å². The Morgan fingerprint density at radius 2 is 2.00 bits per heavy atom. The van der Waals surface area contributed by atoms with Crippen molar-refractivity contribution in [3.05, 3.63) is 53.6 Å². The molecule has 20 heavy (non-hydrogen) atoms. The zero-order valence-corrected chi connectivity index (χ0v) is 11.9. The summed E-state index contributed by atoms with van der Waals surface area (Å²) < 4.78 is 3.80. The number of hydrogen-bond acceptors (Lipinski definition) is 2. The molecular formula is C16H17N3O. The van der Waals surface area contributed by atoms with Crippen LogP contribution >= 0.6 is 0 Å². The van der Waals surface area contributed by atoms with Crippen molar-refractivity contribution in [1.82, 2.24) is 14.1 Å². The second-order valence-electron chi connectivity index (χ2n) is 5.29. The lowest BCUT2D eigenvalue weighted by Crippen LogP contribution is -2.09. The highest BCUT2D eigenvalue weighted by Crippen LogP contribution is 2.18. The highest BCUT2D eigenvalue weighted by molar-refractivity contribution is 5.96. The smallest absolute Gasteiger partial charge is 0.184 e. The van der Waals surface area contributed by atoms with Crippen molar-refractivity contribution in [2.24, 2.45) is 7.05 Å². The molecule has 102 valence electrons. The van der Waals surface area contributed by atoms with Crippen molar-refractivity contribution >= 4 is 16.8 Å². The number of Topliss-reactive ketones (excluding diaryl/α,β-unsaturated/α-hetero) is 1. The predicted octanol–water partition coefficient (Wildman–Crippen LogP) is 2.87. The molecule has 0 saturated carbocycles. The quantitative estimate of drug-likeness (QED) is 0.685. The number of carbonyl (C=O) groups is 1. The number of carbonyl (C=O) groups excluding carboxylic acids is 1. The fraction of sp³-hybridized carbons (Fsp3) is 0.250. The van der Waals surface area contributed by atoms with Gasteiger partial charge in [-0.2, -0.15) is 0 Å². The number of fused-ring (bicyclic) bond motifs is 1. The third kappa shape index (κ3) is 2.13. The maximum absolute atomic E-state index is 12.3. The van der Waals surface area contributed by atoms with Crippen LogP contribution in [-0.2, 0) is 13.6 Å². The first-order valence-corrected chi connectivity index (χ1v) is 6.62. The van der Waals surface area contributed by atoms with Crippen LogP contribution in [0.25, 0.3) is 11.0 Å². The number of imidazole rings is 1. The number of aryl methyl sites for hydroxylation is 3. The Bertz CT molecular complexity index is 795. The molecule has 2 aromatic heterocycles. The molecule has 0 bridgehead atoms. The molecule has 0 N–H and O–H groups in total. The van der Waals surface area contributed by atoms with Crippen LogP contribution in [0.1, 0.15) is 21.5 Å². The third-order valence-corrected chi connectivity index (χ3v) is 3.70. The van der Waals surface area contributed by atoms with Crippen molar-refractivity contribution in [1.29, 1.82) is 0 Å². The highest BCUT2D eigenvalue weighted by atomic mass is 16.1. The average Bonchev–Trinajstić information content (AvgIpc) is 2.98. The van der Waals surface area contributed by atoms with Gasteiger partial charge in [-0.05, 0) is 43.2 Å². The maximum Gasteiger partial charge on any atom is 0.184 e. The van der Waals surface area contributed by atoms with E-state index in [-0.39, 0.29) is 5.78 Å². The Morgan fingerprint density at radius 1 is 1.25 bits per heavy atom. The fourth-order valence-corrected chi connectivity index (χ4v) is 2.35. The monoisotopic (exact) mass is 267 g/mol. The lowest BCUT2D eigenvalue weighted by Gasteiger charge is -2.05. The first-order chi connectivity index (χ1) is 9.54. The van der Waals surface area contributed by atoms with E-state index in [4.69, 9.17) is 0 Å². The molecule has 4 nitrogen and oxygen atoms in total. The van der Waals surface area contributed by atoms with Crippen molar-refractivity contribution in [3.63, 3.8) is 0 Å². The summed E-state index contributed by atoms with van der Waals surface area (Å²) in [5, 5.41) is 0. The van der Waals surface area contributed by atoms with Crippen LogP contribution in [0, 0.1) is 13.8 Å². The minimum Gasteiger partial charge on any atom is -0.357 e. The third-order valence-electron chi connectivity index (χ3n) is 3.70. The topological polar surface area (TPSA) is 39.8 Å². The number of benzene rings is 1. The normalized spacial score (nSPS) is 11.2. The SMILES string of the molecule is Cc1cc2ncn(CC(=O)c3ccn(C)c3)c2cc1C. The number of ketones is 1. The van der Waals surface area contributed by atoms with Gasteiger partial charge >= 0.3 is 0 Å². The minimum absolute atomic E-state index is 0.100. The summed E-state index contributed by atoms with van der Waals surface area (Å²) >= 11 is 0. The van der Waals surface area contributed by atoms with Gasteiger partial charge < -0.3 is 9.13 Å². The van der Waals surface area contributed by atoms with Crippen molar-refractivity contribution in [2.75, 3.05) is 0 Å². The Morgan fingerprint density at radius 3 is 2.70 bits per heavy atom. The molecule has 0 radical (unpaired) electrons. The van der Waals surface area contributed by atoms with E-state index in [0.717, 1.165) is 16.6 Å². The standard InChI is InChI=1S/C16H17N3O/c1-11-6-14-15(7-12(11)2)19(10-17-14)9-16(20)13-4-5-18(3)8-13/h4-8,10H,9H2,1-3H3. The van der Waals surface area contributed by atoms with E-state index in [1.54, 1.807) is 6.33 Å². The summed E-state index contributed by atoms with van der Waals surface area (Å²) in [5.74, 6) is 0.100. The first-order valence-electron chi connectivity index (χ1n) is 6.62. The first kappa shape index (κ1) is 12.7. The predicted molar refractivity (Wildman–Crippen MR) is 79.0 cm³/mol. The van der Waals surface area contributed by atoms with Gasteiger partial charge in [-0.3, -0.25) is 4.79 Å². The summed E-state index contributed by atoms with van der Waals surface area (Å²) in [6, 6.07) is 6.00. The summed E-state index contributed by atoms with van der Waals surface area (Å²) in [6.07, 6.45) is 5.47. The van der Waals surface area contributed by atoms with Gasteiger partial charge in [0.1, 0.15) is 0 Å². The summed E-state index contributed by atoms with van der Waals surface area (Å²) in [6.45, 7) is 4.47. The van der Waals surface area contributed by atoms with Gasteiger partial charge in [0, 0.05) is 25.0 Å². The Labute approximate surface area is 117 Å². The van der Waals surface area contributed by atoms with Gasteiger partial charge in [0.25, 0.3) is 0 Å². The van der Waals surface area contributed by atoms with Crippen molar-refractivity contribution in [2.45, 2.75) is 20.4 Å². The molecule has 0 aliphatic carbocycles. The van der Waals surface area contributed by atoms with Gasteiger partial charge in [0.15, 0.2) is 5.78 Å². The zero-order valence-electron chi connectivity index (χ0n) is 11.9. The molecule has 3 aromatic rings. The van der Waals surface area contributed by atoms with E-state index in [1.807, 2.05) is 34.6 Å². The minimum atomic E-state index is 0.100. The van der Waals surface area contributed by atoms with Crippen LogP contribution in [0.5, 0.6) is 0 Å². The van der Waals surface area contributed by atoms with Crippen LogP contribution < -0.4 is 0 Å². The maximum atomic E-state index is 12.3. The molecule has 4 heteroatoms. The summed E-state index contributed by atoms with van der Waals surface area (Å²) in [7, 11) is 1.91. The van der Waals surface area contributed by atoms with Gasteiger partial charge in [0.05, 0.1) is 23.9 Å². The van der Waals surface area contributed by atoms with E-state index >= 15 is 0 Å². The van der Waals surface area contributed by atoms with Gasteiger partial charge in [0.2, 0.25) is 0 Å². The van der Waals surface area contributed by atoms with Gasteiger partial charge in [-0.15, -0.1) is 0 Å². The molecule has 0 unspecified atom stereocenters. The van der Waals surface area contributed by atoms with E-state index in [9.17, 15) is 4.79 Å².